The number of benzene rings is 9. The first-order valence-electron chi connectivity index (χ1n) is 33.4. The van der Waals surface area contributed by atoms with Crippen molar-refractivity contribution >= 4 is 94.6 Å². The van der Waals surface area contributed by atoms with Gasteiger partial charge in [-0.15, -0.1) is 0 Å². The standard InChI is InChI=1S/2C21H27N2.2C15H10.C8H11O2P.C2H3N.C2H6.2CH4.4ClH.2Ru/c2*1-14-9-16(3)20(17(4)10-14)22-7-8-23(13-22)21-18(5)11-15(2)12-19(21)6;2*1-2-6-12(7-3-1)15-11-10-13-8-4-5-9-14(13)15;1-9-11(10-2)8-6-4-3-5-7-8;1-2-3;1-2;;;;;;;;/h2*9-13H,7-8H2,1-6H3;2*1-9,11H;3-7H,1-2H3;1H3;1-2H3;2*1H4;4*1H;;/q2*-1;;;;;;;;;;;;2*+2/p-3/i;;;;;;1D;;;;;;;;. The third kappa shape index (κ3) is 21.8. The minimum absolute atomic E-state index is 0. The van der Waals surface area contributed by atoms with Gasteiger partial charge in [0.1, 0.15) is 0 Å². The second-order valence-electron chi connectivity index (χ2n) is 24.3. The van der Waals surface area contributed by atoms with Crippen LogP contribution in [0.3, 0.4) is 0 Å². The van der Waals surface area contributed by atoms with Crippen LogP contribution >= 0.6 is 47.1 Å². The summed E-state index contributed by atoms with van der Waals surface area (Å²) in [5, 5.41) is 8.46. The quantitative estimate of drug-likeness (QED) is 0.0811. The minimum atomic E-state index is -1.88. The van der Waals surface area contributed by atoms with Crippen LogP contribution in [0.1, 0.15) is 137 Å². The van der Waals surface area contributed by atoms with Crippen molar-refractivity contribution in [2.45, 2.75) is 119 Å². The molecule has 13 rings (SSSR count). The van der Waals surface area contributed by atoms with Crippen LogP contribution in [0, 0.1) is 108 Å². The number of nitriles is 1. The van der Waals surface area contributed by atoms with Gasteiger partial charge in [0.15, 0.2) is 5.30 Å². The van der Waals surface area contributed by atoms with Crippen molar-refractivity contribution in [3.63, 3.8) is 0 Å². The van der Waals surface area contributed by atoms with Crippen LogP contribution in [0.2, 0.25) is 0 Å². The van der Waals surface area contributed by atoms with E-state index in [2.05, 4.69) is 237 Å². The summed E-state index contributed by atoms with van der Waals surface area (Å²) in [6, 6.07) is 67.3. The molecule has 2 aliphatic heterocycles. The number of nitrogens with zero attached hydrogens (tertiary/aromatic N) is 5. The topological polar surface area (TPSA) is 55.2 Å². The molecule has 0 radical (unpaired) electrons. The number of hydrogen-bond acceptors (Lipinski definition) is 7. The summed E-state index contributed by atoms with van der Waals surface area (Å²) in [5.41, 5.74) is 31.4. The Labute approximate surface area is 630 Å². The van der Waals surface area contributed by atoms with Crippen molar-refractivity contribution in [2.75, 3.05) is 60.0 Å². The molecule has 0 aromatic heterocycles. The Morgan fingerprint density at radius 2 is 0.630 bits per heavy atom. The summed E-state index contributed by atoms with van der Waals surface area (Å²) in [6.45, 7) is 38.9. The van der Waals surface area contributed by atoms with E-state index in [0.29, 0.717) is 6.90 Å². The maximum atomic E-state index is 7.32. The van der Waals surface area contributed by atoms with E-state index in [0.717, 1.165) is 39.7 Å². The molecule has 4 aliphatic rings. The second kappa shape index (κ2) is 41.1. The first-order valence-corrected chi connectivity index (χ1v) is 44.7. The molecule has 0 bridgehead atoms. The molecular formula is C86H103Cl4N5O2PRu2-. The van der Waals surface area contributed by atoms with Gasteiger partial charge in [0.25, 0.3) is 8.38 Å². The van der Waals surface area contributed by atoms with E-state index in [1.165, 1.54) is 141 Å². The molecule has 9 aromatic rings. The van der Waals surface area contributed by atoms with Crippen molar-refractivity contribution in [1.29, 1.82) is 5.26 Å². The van der Waals surface area contributed by atoms with Gasteiger partial charge in [-0.25, -0.2) is 9.05 Å². The zero-order valence-corrected chi connectivity index (χ0v) is 67.0. The van der Waals surface area contributed by atoms with Crippen LogP contribution in [0.15, 0.2) is 200 Å². The monoisotopic (exact) mass is 1610 g/mol. The van der Waals surface area contributed by atoms with E-state index in [4.69, 9.17) is 54.4 Å². The molecule has 14 heteroatoms. The van der Waals surface area contributed by atoms with Crippen molar-refractivity contribution < 1.29 is 37.5 Å². The number of fused-ring (bicyclic) bond motifs is 2. The number of allylic oxidation sites excluding steroid dienone is 2. The van der Waals surface area contributed by atoms with E-state index in [1.54, 1.807) is 27.2 Å². The van der Waals surface area contributed by atoms with Crippen LogP contribution < -0.4 is 24.9 Å². The van der Waals surface area contributed by atoms with Gasteiger partial charge in [-0.3, -0.25) is 0 Å². The Morgan fingerprint density at radius 1 is 0.410 bits per heavy atom. The van der Waals surface area contributed by atoms with Gasteiger partial charge < -0.3 is 19.6 Å². The van der Waals surface area contributed by atoms with E-state index in [-0.39, 0.29) is 14.9 Å². The third-order valence-corrected chi connectivity index (χ3v) is 24.5. The molecule has 9 aromatic carbocycles. The predicted molar refractivity (Wildman–Crippen MR) is 437 cm³/mol. The molecule has 0 saturated carbocycles. The zero-order chi connectivity index (χ0) is 72.0. The Morgan fingerprint density at radius 3 is 0.860 bits per heavy atom. The molecule has 2 fully saturated rings. The fraction of sp³-hybridized carbons (Fsp3) is 0.267. The van der Waals surface area contributed by atoms with Gasteiger partial charge in [0.2, 0.25) is 0 Å². The summed E-state index contributed by atoms with van der Waals surface area (Å²) in [6.07, 6.45) is 4.30. The van der Waals surface area contributed by atoms with E-state index >= 15 is 0 Å². The summed E-state index contributed by atoms with van der Waals surface area (Å²) in [5.74, 6) is 0. The van der Waals surface area contributed by atoms with Crippen LogP contribution in [0.4, 0.5) is 22.7 Å². The van der Waals surface area contributed by atoms with Crippen LogP contribution in [-0.4, -0.2) is 48.6 Å². The molecule has 0 atom stereocenters. The molecule has 534 valence electrons. The Hall–Kier alpha value is -6.35. The summed E-state index contributed by atoms with van der Waals surface area (Å²) >= 11 is -3.76. The summed E-state index contributed by atoms with van der Waals surface area (Å²) < 4.78 is 18.8. The van der Waals surface area contributed by atoms with Crippen molar-refractivity contribution in [3.8, 4) is 6.07 Å². The summed E-state index contributed by atoms with van der Waals surface area (Å²) in [7, 11) is 26.9. The Bertz CT molecular complexity index is 3910. The van der Waals surface area contributed by atoms with Gasteiger partial charge in [-0.1, -0.05) is 118 Å². The molecule has 0 N–H and O–H groups in total. The van der Waals surface area contributed by atoms with E-state index in [1.807, 2.05) is 78.9 Å². The number of halogens is 4. The molecule has 0 amide bonds. The van der Waals surface area contributed by atoms with Gasteiger partial charge in [-0.2, -0.15) is 18.6 Å². The Kier molecular flexibility index (Phi) is 33.9. The molecule has 2 aliphatic carbocycles. The van der Waals surface area contributed by atoms with Crippen LogP contribution in [0.5, 0.6) is 0 Å². The average molecular weight is 1610 g/mol. The second-order valence-corrected chi connectivity index (χ2v) is 37.9. The van der Waals surface area contributed by atoms with E-state index < -0.39 is 35.4 Å². The molecule has 2 saturated heterocycles. The Balaban J connectivity index is 0.000000225. The molecule has 2 heterocycles. The van der Waals surface area contributed by atoms with Crippen molar-refractivity contribution in [1.82, 2.24) is 0 Å². The number of hydrogen-bond donors (Lipinski definition) is 0. The molecular weight excluding hydrogens is 1510 g/mol. The zero-order valence-electron chi connectivity index (χ0n) is 60.5. The van der Waals surface area contributed by atoms with Gasteiger partial charge in [-0.05, 0) is 140 Å². The molecule has 0 spiro atoms. The van der Waals surface area contributed by atoms with Gasteiger partial charge in [0, 0.05) is 57.2 Å². The first kappa shape index (κ1) is 82.6. The third-order valence-electron chi connectivity index (χ3n) is 16.7. The first-order chi connectivity index (χ1) is 47.5. The van der Waals surface area contributed by atoms with E-state index in [9.17, 15) is 0 Å². The molecule has 7 nitrogen and oxygen atoms in total. The normalized spacial score (nSPS) is 13.3. The SMILES string of the molecule is C.C.CC#N.CO[PH+](OC)c1ccccc1.Cc1cc(C)c(N2[CH-]N(c3c(C)cc(C)cc3C)CC2)c(C)c1.Cc1cc(C)c(N2[CH-]N(c3c(C)cc(C)cc3C)CC2)c(C)c1.[2H]CC.[Cl][Ru]([Cl])=[C]1C=C(c2ccccc2)c2ccccc21.[Cl][Ru]([Cl])=[C]1C=C(c2ccccc2)c2ccccc21. The van der Waals surface area contributed by atoms with Gasteiger partial charge in [0.05, 0.1) is 20.3 Å². The van der Waals surface area contributed by atoms with Crippen LogP contribution in [0.25, 0.3) is 11.1 Å². The molecule has 100 heavy (non-hydrogen) atoms. The van der Waals surface area contributed by atoms with Crippen LogP contribution in [-0.2, 0) is 36.1 Å². The predicted octanol–water partition coefficient (Wildman–Crippen LogP) is 23.6. The maximum absolute atomic E-state index is 7.32. The number of rotatable bonds is 9. The number of anilines is 4. The average Bonchev–Trinajstić information content (AvgIpc) is 1.66. The molecule has 0 unspecified atom stereocenters. The summed E-state index contributed by atoms with van der Waals surface area (Å²) in [4.78, 5) is 9.62. The number of aryl methyl sites for hydroxylation is 12. The van der Waals surface area contributed by atoms with Gasteiger partial charge >= 0.3 is 240 Å². The van der Waals surface area contributed by atoms with Crippen molar-refractivity contribution in [3.05, 3.63) is 314 Å². The fourth-order valence-electron chi connectivity index (χ4n) is 13.4. The van der Waals surface area contributed by atoms with Crippen molar-refractivity contribution in [2.24, 2.45) is 0 Å². The fourth-order valence-corrected chi connectivity index (χ4v) is 19.5.